The van der Waals surface area contributed by atoms with E-state index in [1.54, 1.807) is 18.2 Å². The maximum absolute atomic E-state index is 12.8. The van der Waals surface area contributed by atoms with E-state index in [9.17, 15) is 9.90 Å². The van der Waals surface area contributed by atoms with E-state index in [-0.39, 0.29) is 11.4 Å². The maximum atomic E-state index is 12.8. The number of carbonyl (C=O) groups excluding carboxylic acids is 1. The lowest BCUT2D eigenvalue weighted by molar-refractivity contribution is -0.129. The molecular weight excluding hydrogens is 548 g/mol. The molecule has 0 amide bonds. The van der Waals surface area contributed by atoms with Crippen LogP contribution in [0.4, 0.5) is 0 Å². The number of carbonyl (C=O) groups is 1. The summed E-state index contributed by atoms with van der Waals surface area (Å²) in [6, 6.07) is 4.93. The van der Waals surface area contributed by atoms with Gasteiger partial charge in [0.1, 0.15) is 17.1 Å². The fraction of sp³-hybridized carbons (Fsp3) is 0.615. The summed E-state index contributed by atoms with van der Waals surface area (Å²) in [6.07, 6.45) is 16.6. The molecule has 44 heavy (non-hydrogen) atoms. The van der Waals surface area contributed by atoms with Crippen LogP contribution in [0, 0.1) is 38.5 Å². The molecule has 0 spiro atoms. The van der Waals surface area contributed by atoms with Crippen molar-refractivity contribution in [2.45, 2.75) is 132 Å². The third-order valence-corrected chi connectivity index (χ3v) is 9.66. The lowest BCUT2D eigenvalue weighted by Gasteiger charge is -2.38. The Kier molecular flexibility index (Phi) is 13.2. The fourth-order valence-electron chi connectivity index (χ4n) is 6.51. The summed E-state index contributed by atoms with van der Waals surface area (Å²) in [4.78, 5) is 12.8. The summed E-state index contributed by atoms with van der Waals surface area (Å²) in [5.41, 5.74) is 4.67. The lowest BCUT2D eigenvalue weighted by atomic mass is 9.83. The van der Waals surface area contributed by atoms with Crippen LogP contribution in [-0.2, 0) is 11.2 Å². The van der Waals surface area contributed by atoms with Crippen molar-refractivity contribution < 1.29 is 24.1 Å². The van der Waals surface area contributed by atoms with Gasteiger partial charge < -0.3 is 19.3 Å². The van der Waals surface area contributed by atoms with Crippen molar-refractivity contribution in [1.82, 2.24) is 0 Å². The molecule has 0 radical (unpaired) electrons. The van der Waals surface area contributed by atoms with E-state index in [1.807, 2.05) is 13.8 Å². The number of hydrogen-bond acceptors (Lipinski definition) is 5. The Morgan fingerprint density at radius 3 is 2.23 bits per heavy atom. The van der Waals surface area contributed by atoms with Crippen molar-refractivity contribution in [3.05, 3.63) is 52.1 Å². The van der Waals surface area contributed by atoms with Gasteiger partial charge in [-0.3, -0.25) is 0 Å². The second kappa shape index (κ2) is 16.4. The molecule has 1 heterocycles. The summed E-state index contributed by atoms with van der Waals surface area (Å²) < 4.78 is 17.8. The molecule has 1 aliphatic heterocycles. The Bertz CT molecular complexity index is 1280. The number of methoxy groups -OCH3 is 1. The molecule has 0 unspecified atom stereocenters. The molecular formula is C39H58O5. The minimum absolute atomic E-state index is 0.0548. The highest BCUT2D eigenvalue weighted by atomic mass is 16.5. The summed E-state index contributed by atoms with van der Waals surface area (Å²) >= 11 is 0. The van der Waals surface area contributed by atoms with Crippen LogP contribution in [0.25, 0.3) is 6.08 Å². The molecule has 5 nitrogen and oxygen atoms in total. The van der Waals surface area contributed by atoms with Crippen molar-refractivity contribution in [1.29, 1.82) is 0 Å². The Balaban J connectivity index is 1.54. The molecule has 0 fully saturated rings. The van der Waals surface area contributed by atoms with Crippen molar-refractivity contribution >= 4 is 12.0 Å². The number of phenolic OH excluding ortho intramolecular Hbond substituents is 1. The zero-order valence-corrected chi connectivity index (χ0v) is 29.0. The molecule has 0 aliphatic carbocycles. The third kappa shape index (κ3) is 10.0. The van der Waals surface area contributed by atoms with Gasteiger partial charge in [-0.1, -0.05) is 78.7 Å². The predicted molar refractivity (Wildman–Crippen MR) is 182 cm³/mol. The average Bonchev–Trinajstić information content (AvgIpc) is 2.97. The molecule has 0 saturated heterocycles. The highest BCUT2D eigenvalue weighted by molar-refractivity contribution is 5.89. The molecule has 0 aromatic heterocycles. The van der Waals surface area contributed by atoms with Gasteiger partial charge in [-0.15, -0.1) is 0 Å². The van der Waals surface area contributed by atoms with E-state index >= 15 is 0 Å². The monoisotopic (exact) mass is 606 g/mol. The fourth-order valence-corrected chi connectivity index (χ4v) is 6.51. The van der Waals surface area contributed by atoms with Gasteiger partial charge in [0, 0.05) is 11.6 Å². The Hall–Kier alpha value is -2.95. The van der Waals surface area contributed by atoms with Gasteiger partial charge in [-0.25, -0.2) is 4.79 Å². The predicted octanol–water partition coefficient (Wildman–Crippen LogP) is 10.5. The SMILES string of the molecule is COc1cc(/C=C/C(=O)Oc2c(C)c(C)c3c(c2C)CC[C@@](C)(CCC[C@H](C)CCC[C@H](C)CCCC(C)C)O3)ccc1O. The number of esters is 1. The lowest BCUT2D eigenvalue weighted by Crippen LogP contribution is -2.37. The van der Waals surface area contributed by atoms with E-state index in [0.717, 1.165) is 70.6 Å². The maximum Gasteiger partial charge on any atom is 0.336 e. The second-order valence-electron chi connectivity index (χ2n) is 14.1. The first kappa shape index (κ1) is 35.5. The van der Waals surface area contributed by atoms with Crippen molar-refractivity contribution in [2.24, 2.45) is 17.8 Å². The quantitative estimate of drug-likeness (QED) is 0.117. The Labute approximate surface area is 267 Å². The van der Waals surface area contributed by atoms with Gasteiger partial charge in [-0.2, -0.15) is 0 Å². The van der Waals surface area contributed by atoms with Gasteiger partial charge in [-0.05, 0) is 112 Å². The first-order chi connectivity index (χ1) is 20.8. The number of aromatic hydroxyl groups is 1. The molecule has 0 bridgehead atoms. The van der Waals surface area contributed by atoms with Crippen LogP contribution in [0.2, 0.25) is 0 Å². The normalized spacial score (nSPS) is 17.8. The van der Waals surface area contributed by atoms with E-state index < -0.39 is 5.97 Å². The van der Waals surface area contributed by atoms with Crippen LogP contribution in [0.15, 0.2) is 24.3 Å². The largest absolute Gasteiger partial charge is 0.504 e. The van der Waals surface area contributed by atoms with Gasteiger partial charge in [0.05, 0.1) is 7.11 Å². The topological polar surface area (TPSA) is 65.0 Å². The molecule has 1 aliphatic rings. The minimum Gasteiger partial charge on any atom is -0.504 e. The van der Waals surface area contributed by atoms with Crippen LogP contribution >= 0.6 is 0 Å². The first-order valence-electron chi connectivity index (χ1n) is 16.9. The van der Waals surface area contributed by atoms with E-state index in [0.29, 0.717) is 11.5 Å². The van der Waals surface area contributed by atoms with Crippen LogP contribution in [0.1, 0.15) is 127 Å². The smallest absolute Gasteiger partial charge is 0.336 e. The molecule has 0 saturated carbocycles. The van der Waals surface area contributed by atoms with Crippen LogP contribution in [-0.4, -0.2) is 23.8 Å². The van der Waals surface area contributed by atoms with Crippen molar-refractivity contribution in [3.8, 4) is 23.0 Å². The molecule has 3 atom stereocenters. The number of benzene rings is 2. The molecule has 2 aromatic rings. The third-order valence-electron chi connectivity index (χ3n) is 9.66. The van der Waals surface area contributed by atoms with Crippen molar-refractivity contribution in [2.75, 3.05) is 7.11 Å². The Morgan fingerprint density at radius 2 is 1.59 bits per heavy atom. The molecule has 1 N–H and O–H groups in total. The van der Waals surface area contributed by atoms with Crippen LogP contribution < -0.4 is 14.2 Å². The molecule has 2 aromatic carbocycles. The first-order valence-corrected chi connectivity index (χ1v) is 16.9. The number of hydrogen-bond donors (Lipinski definition) is 1. The van der Waals surface area contributed by atoms with Crippen molar-refractivity contribution in [3.63, 3.8) is 0 Å². The van der Waals surface area contributed by atoms with Gasteiger partial charge in [0.25, 0.3) is 0 Å². The highest BCUT2D eigenvalue weighted by Crippen LogP contribution is 2.45. The summed E-state index contributed by atoms with van der Waals surface area (Å²) in [7, 11) is 1.49. The van der Waals surface area contributed by atoms with Gasteiger partial charge >= 0.3 is 5.97 Å². The van der Waals surface area contributed by atoms with Crippen LogP contribution in [0.3, 0.4) is 0 Å². The number of ether oxygens (including phenoxy) is 3. The summed E-state index contributed by atoms with van der Waals surface area (Å²) in [6.45, 7) is 17.9. The zero-order valence-electron chi connectivity index (χ0n) is 29.0. The number of rotatable bonds is 16. The summed E-state index contributed by atoms with van der Waals surface area (Å²) in [5, 5.41) is 9.81. The number of fused-ring (bicyclic) bond motifs is 1. The van der Waals surface area contributed by atoms with Crippen LogP contribution in [0.5, 0.6) is 23.0 Å². The van der Waals surface area contributed by atoms with Gasteiger partial charge in [0.2, 0.25) is 0 Å². The summed E-state index contributed by atoms with van der Waals surface area (Å²) in [5.74, 6) is 3.98. The molecule has 244 valence electrons. The zero-order chi connectivity index (χ0) is 32.4. The van der Waals surface area contributed by atoms with Gasteiger partial charge in [0.15, 0.2) is 11.5 Å². The molecule has 5 heteroatoms. The Morgan fingerprint density at radius 1 is 0.955 bits per heavy atom. The van der Waals surface area contributed by atoms with E-state index in [4.69, 9.17) is 14.2 Å². The standard InChI is InChI=1S/C39H58O5/c1-26(2)13-10-14-27(3)15-11-16-28(4)17-12-23-39(8)24-22-33-31(7)37(29(5)30(6)38(33)44-39)43-36(41)21-19-32-18-20-34(40)35(25-32)42-9/h18-21,25-28,40H,10-17,22-24H2,1-9H3/b21-19+/t27-,28-,39-/m1/s1. The minimum atomic E-state index is -0.445. The second-order valence-corrected chi connectivity index (χ2v) is 14.1. The highest BCUT2D eigenvalue weighted by Gasteiger charge is 2.34. The number of phenols is 1. The average molecular weight is 607 g/mol. The van der Waals surface area contributed by atoms with E-state index in [2.05, 4.69) is 41.5 Å². The molecule has 3 rings (SSSR count). The van der Waals surface area contributed by atoms with E-state index in [1.165, 1.54) is 70.6 Å².